The van der Waals surface area contributed by atoms with Gasteiger partial charge in [-0.25, -0.2) is 18.1 Å². The molecule has 7 heteroatoms. The lowest BCUT2D eigenvalue weighted by Crippen LogP contribution is -2.39. The molecule has 1 aromatic rings. The monoisotopic (exact) mass is 299 g/mol. The van der Waals surface area contributed by atoms with Crippen LogP contribution in [0, 0.1) is 0 Å². The van der Waals surface area contributed by atoms with Crippen molar-refractivity contribution in [2.24, 2.45) is 0 Å². The molecule has 0 aliphatic carbocycles. The van der Waals surface area contributed by atoms with Crippen LogP contribution in [0.25, 0.3) is 0 Å². The van der Waals surface area contributed by atoms with Crippen LogP contribution in [0.1, 0.15) is 26.2 Å². The Balaban J connectivity index is 2.15. The van der Waals surface area contributed by atoms with Gasteiger partial charge in [0, 0.05) is 32.0 Å². The highest BCUT2D eigenvalue weighted by Gasteiger charge is 2.25. The molecule has 0 atom stereocenters. The summed E-state index contributed by atoms with van der Waals surface area (Å²) in [7, 11) is -3.60. The first-order valence-electron chi connectivity index (χ1n) is 6.92. The summed E-state index contributed by atoms with van der Waals surface area (Å²) in [5.41, 5.74) is 0.550. The Bertz CT molecular complexity index is 527. The van der Waals surface area contributed by atoms with Gasteiger partial charge < -0.3 is 10.1 Å². The molecule has 2 heterocycles. The molecule has 1 aromatic heterocycles. The zero-order valence-electron chi connectivity index (χ0n) is 11.6. The first kappa shape index (κ1) is 15.2. The summed E-state index contributed by atoms with van der Waals surface area (Å²) < 4.78 is 32.8. The van der Waals surface area contributed by atoms with Crippen LogP contribution in [-0.2, 0) is 14.8 Å². The van der Waals surface area contributed by atoms with Crippen molar-refractivity contribution in [3.63, 3.8) is 0 Å². The third-order valence-electron chi connectivity index (χ3n) is 3.13. The summed E-state index contributed by atoms with van der Waals surface area (Å²) in [4.78, 5) is 4.02. The number of rotatable bonds is 6. The molecule has 0 aromatic carbocycles. The molecule has 2 N–H and O–H groups in total. The summed E-state index contributed by atoms with van der Waals surface area (Å²) in [6.45, 7) is 3.93. The summed E-state index contributed by atoms with van der Waals surface area (Å²) in [6.07, 6.45) is 3.81. The summed E-state index contributed by atoms with van der Waals surface area (Å²) in [5, 5.41) is 3.17. The molecule has 0 spiro atoms. The predicted molar refractivity (Wildman–Crippen MR) is 77.2 cm³/mol. The molecule has 1 aliphatic heterocycles. The van der Waals surface area contributed by atoms with E-state index in [9.17, 15) is 8.42 Å². The maximum absolute atomic E-state index is 12.4. The molecule has 0 amide bonds. The number of pyridine rings is 1. The number of aromatic nitrogens is 1. The zero-order valence-corrected chi connectivity index (χ0v) is 12.4. The van der Waals surface area contributed by atoms with Gasteiger partial charge in [-0.05, 0) is 31.4 Å². The van der Waals surface area contributed by atoms with Gasteiger partial charge in [0.05, 0.1) is 5.69 Å². The third kappa shape index (κ3) is 3.91. The maximum atomic E-state index is 12.4. The fourth-order valence-corrected chi connectivity index (χ4v) is 3.51. The van der Waals surface area contributed by atoms with Crippen LogP contribution in [0.4, 0.5) is 5.69 Å². The minimum atomic E-state index is -3.60. The molecule has 0 bridgehead atoms. The molecule has 1 fully saturated rings. The van der Waals surface area contributed by atoms with E-state index in [1.807, 2.05) is 6.92 Å². The van der Waals surface area contributed by atoms with E-state index in [-0.39, 0.29) is 11.1 Å². The number of hydrogen-bond acceptors (Lipinski definition) is 5. The van der Waals surface area contributed by atoms with E-state index in [0.717, 1.165) is 6.42 Å². The number of sulfonamides is 1. The van der Waals surface area contributed by atoms with Crippen molar-refractivity contribution >= 4 is 15.7 Å². The molecule has 112 valence electrons. The Morgan fingerprint density at radius 2 is 2.15 bits per heavy atom. The standard InChI is InChI=1S/C13H21N3O3S/c1-2-7-14-12-4-3-8-15-13(12)20(17,18)16-11-5-9-19-10-6-11/h3-4,8,11,14,16H,2,5-7,9-10H2,1H3. The van der Waals surface area contributed by atoms with Crippen molar-refractivity contribution in [3.05, 3.63) is 18.3 Å². The normalized spacial score (nSPS) is 17.1. The van der Waals surface area contributed by atoms with Crippen molar-refractivity contribution in [1.29, 1.82) is 0 Å². The van der Waals surface area contributed by atoms with E-state index in [0.29, 0.717) is 38.3 Å². The minimum Gasteiger partial charge on any atom is -0.383 e. The Morgan fingerprint density at radius 3 is 2.85 bits per heavy atom. The highest BCUT2D eigenvalue weighted by molar-refractivity contribution is 7.89. The van der Waals surface area contributed by atoms with Gasteiger partial charge in [0.15, 0.2) is 5.03 Å². The number of anilines is 1. The Morgan fingerprint density at radius 1 is 1.40 bits per heavy atom. The summed E-state index contributed by atoms with van der Waals surface area (Å²) in [6, 6.07) is 3.39. The SMILES string of the molecule is CCCNc1cccnc1S(=O)(=O)NC1CCOCC1. The lowest BCUT2D eigenvalue weighted by Gasteiger charge is -2.23. The molecule has 20 heavy (non-hydrogen) atoms. The molecule has 1 aliphatic rings. The second kappa shape index (κ2) is 7.01. The topological polar surface area (TPSA) is 80.3 Å². The highest BCUT2D eigenvalue weighted by atomic mass is 32.2. The molecule has 1 saturated heterocycles. The largest absolute Gasteiger partial charge is 0.383 e. The van der Waals surface area contributed by atoms with Crippen LogP contribution in [0.3, 0.4) is 0 Å². The Hall–Kier alpha value is -1.18. The lowest BCUT2D eigenvalue weighted by molar-refractivity contribution is 0.0832. The van der Waals surface area contributed by atoms with Gasteiger partial charge in [0.1, 0.15) is 0 Å². The molecule has 0 saturated carbocycles. The van der Waals surface area contributed by atoms with Gasteiger partial charge in [-0.2, -0.15) is 0 Å². The first-order valence-corrected chi connectivity index (χ1v) is 8.41. The van der Waals surface area contributed by atoms with Gasteiger partial charge in [0.25, 0.3) is 10.0 Å². The van der Waals surface area contributed by atoms with E-state index < -0.39 is 10.0 Å². The van der Waals surface area contributed by atoms with E-state index in [1.165, 1.54) is 6.20 Å². The van der Waals surface area contributed by atoms with Crippen LogP contribution in [0.2, 0.25) is 0 Å². The number of ether oxygens (including phenoxy) is 1. The van der Waals surface area contributed by atoms with Gasteiger partial charge in [-0.3, -0.25) is 0 Å². The second-order valence-electron chi connectivity index (χ2n) is 4.79. The fourth-order valence-electron chi connectivity index (χ4n) is 2.09. The molecule has 0 radical (unpaired) electrons. The maximum Gasteiger partial charge on any atom is 0.260 e. The van der Waals surface area contributed by atoms with Crippen LogP contribution < -0.4 is 10.0 Å². The van der Waals surface area contributed by atoms with Gasteiger partial charge in [-0.1, -0.05) is 6.92 Å². The quantitative estimate of drug-likeness (QED) is 0.829. The van der Waals surface area contributed by atoms with Gasteiger partial charge >= 0.3 is 0 Å². The van der Waals surface area contributed by atoms with Gasteiger partial charge in [-0.15, -0.1) is 0 Å². The molecule has 6 nitrogen and oxygen atoms in total. The van der Waals surface area contributed by atoms with Crippen molar-refractivity contribution < 1.29 is 13.2 Å². The smallest absolute Gasteiger partial charge is 0.260 e. The van der Waals surface area contributed by atoms with E-state index in [2.05, 4.69) is 15.0 Å². The number of hydrogen-bond donors (Lipinski definition) is 2. The van der Waals surface area contributed by atoms with Crippen LogP contribution in [0.5, 0.6) is 0 Å². The van der Waals surface area contributed by atoms with Crippen LogP contribution in [0.15, 0.2) is 23.4 Å². The fraction of sp³-hybridized carbons (Fsp3) is 0.615. The van der Waals surface area contributed by atoms with E-state index in [1.54, 1.807) is 12.1 Å². The predicted octanol–water partition coefficient (Wildman–Crippen LogP) is 1.36. The second-order valence-corrected chi connectivity index (χ2v) is 6.42. The molecule has 2 rings (SSSR count). The Kier molecular flexibility index (Phi) is 5.33. The minimum absolute atomic E-state index is 0.0694. The average Bonchev–Trinajstić information content (AvgIpc) is 2.46. The lowest BCUT2D eigenvalue weighted by atomic mass is 10.1. The summed E-state index contributed by atoms with van der Waals surface area (Å²) in [5.74, 6) is 0. The third-order valence-corrected chi connectivity index (χ3v) is 4.61. The van der Waals surface area contributed by atoms with Crippen LogP contribution >= 0.6 is 0 Å². The van der Waals surface area contributed by atoms with E-state index >= 15 is 0 Å². The molecular formula is C13H21N3O3S. The molecule has 0 unspecified atom stereocenters. The summed E-state index contributed by atoms with van der Waals surface area (Å²) >= 11 is 0. The van der Waals surface area contributed by atoms with Crippen LogP contribution in [-0.4, -0.2) is 39.2 Å². The first-order chi connectivity index (χ1) is 9.63. The number of nitrogens with zero attached hydrogens (tertiary/aromatic N) is 1. The number of nitrogens with one attached hydrogen (secondary N) is 2. The van der Waals surface area contributed by atoms with Crippen molar-refractivity contribution in [2.45, 2.75) is 37.3 Å². The zero-order chi connectivity index (χ0) is 14.4. The Labute approximate surface area is 120 Å². The van der Waals surface area contributed by atoms with Crippen molar-refractivity contribution in [1.82, 2.24) is 9.71 Å². The van der Waals surface area contributed by atoms with Crippen molar-refractivity contribution in [2.75, 3.05) is 25.1 Å². The van der Waals surface area contributed by atoms with Crippen molar-refractivity contribution in [3.8, 4) is 0 Å². The van der Waals surface area contributed by atoms with E-state index in [4.69, 9.17) is 4.74 Å². The van der Waals surface area contributed by atoms with Gasteiger partial charge in [0.2, 0.25) is 0 Å². The molecular weight excluding hydrogens is 278 g/mol. The highest BCUT2D eigenvalue weighted by Crippen LogP contribution is 2.19. The average molecular weight is 299 g/mol.